The van der Waals surface area contributed by atoms with Crippen LogP contribution in [0.3, 0.4) is 0 Å². The number of nitrogens with one attached hydrogen (secondary N) is 1. The van der Waals surface area contributed by atoms with Gasteiger partial charge in [0.25, 0.3) is 0 Å². The number of rotatable bonds is 7. The fourth-order valence-corrected chi connectivity index (χ4v) is 2.32. The molecule has 1 aromatic rings. The van der Waals surface area contributed by atoms with Crippen LogP contribution in [0.25, 0.3) is 0 Å². The highest BCUT2D eigenvalue weighted by Gasteiger charge is 2.29. The number of nitrogens with two attached hydrogens (primary N) is 1. The van der Waals surface area contributed by atoms with Gasteiger partial charge in [0, 0.05) is 17.0 Å². The Morgan fingerprint density at radius 2 is 2.19 bits per heavy atom. The molecule has 0 radical (unpaired) electrons. The number of likely N-dealkylation sites (N-methyl/N-ethyl adjacent to an activating group) is 1. The van der Waals surface area contributed by atoms with E-state index in [1.165, 1.54) is 6.07 Å². The summed E-state index contributed by atoms with van der Waals surface area (Å²) < 4.78 is 6.13. The van der Waals surface area contributed by atoms with Crippen LogP contribution in [0.5, 0.6) is 5.75 Å². The number of benzene rings is 1. The molecule has 1 amide bonds. The molecule has 3 N–H and O–H groups in total. The van der Waals surface area contributed by atoms with Crippen LogP contribution < -0.4 is 15.8 Å². The van der Waals surface area contributed by atoms with Gasteiger partial charge >= 0.3 is 5.69 Å². The number of ether oxygens (including phenoxy) is 1. The third-order valence-corrected chi connectivity index (χ3v) is 3.82. The summed E-state index contributed by atoms with van der Waals surface area (Å²) in [4.78, 5) is 21.9. The number of hydrogen-bond donors (Lipinski definition) is 2. The second kappa shape index (κ2) is 6.86. The first-order valence-corrected chi connectivity index (χ1v) is 7.06. The van der Waals surface area contributed by atoms with Gasteiger partial charge in [-0.2, -0.15) is 0 Å². The van der Waals surface area contributed by atoms with Gasteiger partial charge in [0.1, 0.15) is 0 Å². The fraction of sp³-hybridized carbons (Fsp3) is 0.462. The van der Waals surface area contributed by atoms with Gasteiger partial charge in [-0.3, -0.25) is 14.9 Å². The van der Waals surface area contributed by atoms with Gasteiger partial charge in [-0.25, -0.2) is 0 Å². The maximum absolute atomic E-state index is 11.4. The van der Waals surface area contributed by atoms with Gasteiger partial charge in [-0.15, -0.1) is 0 Å². The van der Waals surface area contributed by atoms with Crippen molar-refractivity contribution >= 4 is 27.5 Å². The van der Waals surface area contributed by atoms with Gasteiger partial charge in [-0.05, 0) is 32.5 Å². The number of aryl methyl sites for hydroxylation is 1. The number of amides is 1. The zero-order valence-corrected chi connectivity index (χ0v) is 13.7. The zero-order chi connectivity index (χ0) is 16.2. The highest BCUT2D eigenvalue weighted by atomic mass is 79.9. The molecule has 0 saturated carbocycles. The lowest BCUT2D eigenvalue weighted by molar-refractivity contribution is -0.386. The summed E-state index contributed by atoms with van der Waals surface area (Å²) in [5.74, 6) is -0.304. The Morgan fingerprint density at radius 1 is 1.57 bits per heavy atom. The lowest BCUT2D eigenvalue weighted by Gasteiger charge is -2.25. The highest BCUT2D eigenvalue weighted by molar-refractivity contribution is 9.10. The van der Waals surface area contributed by atoms with Crippen molar-refractivity contribution in [3.63, 3.8) is 0 Å². The van der Waals surface area contributed by atoms with E-state index in [-0.39, 0.29) is 18.0 Å². The van der Waals surface area contributed by atoms with Gasteiger partial charge in [0.05, 0.1) is 17.1 Å². The van der Waals surface area contributed by atoms with Gasteiger partial charge in [0.2, 0.25) is 5.91 Å². The van der Waals surface area contributed by atoms with Crippen LogP contribution in [0.2, 0.25) is 0 Å². The minimum absolute atomic E-state index is 0.118. The smallest absolute Gasteiger partial charge is 0.312 e. The molecule has 0 spiro atoms. The van der Waals surface area contributed by atoms with E-state index in [0.29, 0.717) is 16.5 Å². The van der Waals surface area contributed by atoms with Crippen LogP contribution in [-0.4, -0.2) is 30.0 Å². The van der Waals surface area contributed by atoms with E-state index in [9.17, 15) is 14.9 Å². The Kier molecular flexibility index (Phi) is 5.68. The van der Waals surface area contributed by atoms with Gasteiger partial charge in [-0.1, -0.05) is 15.9 Å². The molecule has 8 heteroatoms. The standard InChI is InChI=1S/C13H18BrN3O4/c1-8-6-9(14)7-10(17(19)20)11(8)21-5-4-13(2,16-3)12(15)18/h6-7,16H,4-5H2,1-3H3,(H2,15,18). The van der Waals surface area contributed by atoms with E-state index in [1.807, 2.05) is 0 Å². The summed E-state index contributed by atoms with van der Waals surface area (Å²) in [5, 5.41) is 13.9. The molecule has 1 unspecified atom stereocenters. The number of primary amides is 1. The third kappa shape index (κ3) is 4.15. The van der Waals surface area contributed by atoms with Crippen LogP contribution >= 0.6 is 15.9 Å². The molecule has 0 aliphatic rings. The molecule has 0 fully saturated rings. The Morgan fingerprint density at radius 3 is 2.67 bits per heavy atom. The molecule has 0 saturated heterocycles. The van der Waals surface area contributed by atoms with E-state index < -0.39 is 16.4 Å². The Bertz CT molecular complexity index is 565. The fourth-order valence-electron chi connectivity index (χ4n) is 1.76. The summed E-state index contributed by atoms with van der Waals surface area (Å²) in [5.41, 5.74) is 4.92. The van der Waals surface area contributed by atoms with Crippen molar-refractivity contribution in [2.75, 3.05) is 13.7 Å². The lowest BCUT2D eigenvalue weighted by atomic mass is 9.98. The topological polar surface area (TPSA) is 107 Å². The number of nitro groups is 1. The van der Waals surface area contributed by atoms with Crippen molar-refractivity contribution in [3.05, 3.63) is 32.3 Å². The van der Waals surface area contributed by atoms with Crippen LogP contribution in [0.15, 0.2) is 16.6 Å². The van der Waals surface area contributed by atoms with Crippen molar-refractivity contribution in [1.29, 1.82) is 0 Å². The molecule has 1 rings (SSSR count). The van der Waals surface area contributed by atoms with Gasteiger partial charge in [0.15, 0.2) is 5.75 Å². The molecule has 1 aromatic carbocycles. The van der Waals surface area contributed by atoms with Crippen LogP contribution in [-0.2, 0) is 4.79 Å². The molecule has 0 aliphatic carbocycles. The molecule has 7 nitrogen and oxygen atoms in total. The van der Waals surface area contributed by atoms with Crippen molar-refractivity contribution in [3.8, 4) is 5.75 Å². The molecular formula is C13H18BrN3O4. The lowest BCUT2D eigenvalue weighted by Crippen LogP contribution is -2.52. The Hall–Kier alpha value is -1.67. The van der Waals surface area contributed by atoms with Crippen LogP contribution in [0.1, 0.15) is 18.9 Å². The predicted octanol–water partition coefficient (Wildman–Crippen LogP) is 1.90. The summed E-state index contributed by atoms with van der Waals surface area (Å²) >= 11 is 3.21. The summed E-state index contributed by atoms with van der Waals surface area (Å²) in [6.07, 6.45) is 0.297. The van der Waals surface area contributed by atoms with E-state index in [2.05, 4.69) is 21.2 Å². The number of nitro benzene ring substituents is 1. The molecule has 21 heavy (non-hydrogen) atoms. The molecule has 1 atom stereocenters. The SMILES string of the molecule is CNC(C)(CCOc1c(C)cc(Br)cc1[N+](=O)[O-])C(N)=O. The Labute approximate surface area is 131 Å². The zero-order valence-electron chi connectivity index (χ0n) is 12.1. The highest BCUT2D eigenvalue weighted by Crippen LogP contribution is 2.34. The third-order valence-electron chi connectivity index (χ3n) is 3.36. The van der Waals surface area contributed by atoms with E-state index in [1.54, 1.807) is 27.0 Å². The maximum Gasteiger partial charge on any atom is 0.312 e. The first-order chi connectivity index (χ1) is 9.71. The first kappa shape index (κ1) is 17.4. The van der Waals surface area contributed by atoms with Crippen molar-refractivity contribution in [2.45, 2.75) is 25.8 Å². The largest absolute Gasteiger partial charge is 0.487 e. The Balaban J connectivity index is 2.90. The summed E-state index contributed by atoms with van der Waals surface area (Å²) in [7, 11) is 1.62. The summed E-state index contributed by atoms with van der Waals surface area (Å²) in [6.45, 7) is 3.50. The first-order valence-electron chi connectivity index (χ1n) is 6.27. The van der Waals surface area contributed by atoms with Crippen LogP contribution in [0.4, 0.5) is 5.69 Å². The second-order valence-electron chi connectivity index (χ2n) is 4.87. The van der Waals surface area contributed by atoms with Crippen molar-refractivity contribution < 1.29 is 14.5 Å². The molecule has 0 aliphatic heterocycles. The normalized spacial score (nSPS) is 13.5. The molecule has 0 aromatic heterocycles. The monoisotopic (exact) mass is 359 g/mol. The van der Waals surface area contributed by atoms with Crippen molar-refractivity contribution in [1.82, 2.24) is 5.32 Å². The summed E-state index contributed by atoms with van der Waals surface area (Å²) in [6, 6.07) is 3.11. The number of nitrogens with zero attached hydrogens (tertiary/aromatic N) is 1. The average molecular weight is 360 g/mol. The number of carbonyl (C=O) groups excluding carboxylic acids is 1. The number of carbonyl (C=O) groups is 1. The minimum Gasteiger partial charge on any atom is -0.487 e. The van der Waals surface area contributed by atoms with E-state index in [4.69, 9.17) is 10.5 Å². The molecule has 0 bridgehead atoms. The van der Waals surface area contributed by atoms with E-state index in [0.717, 1.165) is 0 Å². The molecular weight excluding hydrogens is 342 g/mol. The van der Waals surface area contributed by atoms with Crippen molar-refractivity contribution in [2.24, 2.45) is 5.73 Å². The maximum atomic E-state index is 11.4. The predicted molar refractivity (Wildman–Crippen MR) is 82.3 cm³/mol. The van der Waals surface area contributed by atoms with E-state index >= 15 is 0 Å². The molecule has 116 valence electrons. The molecule has 0 heterocycles. The quantitative estimate of drug-likeness (QED) is 0.570. The van der Waals surface area contributed by atoms with Gasteiger partial charge < -0.3 is 15.8 Å². The second-order valence-corrected chi connectivity index (χ2v) is 5.79. The number of hydrogen-bond acceptors (Lipinski definition) is 5. The number of halogens is 1. The van der Waals surface area contributed by atoms with Crippen LogP contribution in [0, 0.1) is 17.0 Å². The average Bonchev–Trinajstić information content (AvgIpc) is 2.39. The minimum atomic E-state index is -0.919.